The Bertz CT molecular complexity index is 258. The van der Waals surface area contributed by atoms with Gasteiger partial charge in [-0.3, -0.25) is 9.80 Å². The minimum Gasteiger partial charge on any atom is -0.285 e. The van der Waals surface area contributed by atoms with Crippen LogP contribution in [0.5, 0.6) is 0 Å². The van der Waals surface area contributed by atoms with Gasteiger partial charge in [-0.25, -0.2) is 0 Å². The molecule has 1 fully saturated rings. The Hall–Kier alpha value is -1.10. The fraction of sp³-hybridized carbons (Fsp3) is 0.833. The van der Waals surface area contributed by atoms with Crippen molar-refractivity contribution in [3.63, 3.8) is 0 Å². The van der Waals surface area contributed by atoms with Crippen LogP contribution in [-0.4, -0.2) is 48.1 Å². The summed E-state index contributed by atoms with van der Waals surface area (Å²) in [5, 5.41) is 17.6. The van der Waals surface area contributed by atoms with Crippen molar-refractivity contribution in [1.29, 1.82) is 10.5 Å². The molecule has 4 heteroatoms. The Labute approximate surface area is 98.1 Å². The lowest BCUT2D eigenvalue weighted by molar-refractivity contribution is 0.0415. The molecular formula is C12H20N4. The first-order chi connectivity index (χ1) is 7.76. The molecule has 0 saturated carbocycles. The van der Waals surface area contributed by atoms with E-state index in [1.165, 1.54) is 0 Å². The average Bonchev–Trinajstić information content (AvgIpc) is 2.31. The summed E-state index contributed by atoms with van der Waals surface area (Å²) in [4.78, 5) is 4.50. The quantitative estimate of drug-likeness (QED) is 0.668. The number of nitrogens with zero attached hydrogens (tertiary/aromatic N) is 4. The van der Waals surface area contributed by atoms with Gasteiger partial charge in [0.25, 0.3) is 0 Å². The third kappa shape index (κ3) is 2.95. The minimum absolute atomic E-state index is 0.427. The summed E-state index contributed by atoms with van der Waals surface area (Å²) in [6.07, 6.45) is 2.08. The number of piperazine rings is 1. The molecule has 1 rings (SSSR count). The van der Waals surface area contributed by atoms with Crippen LogP contribution in [0.3, 0.4) is 0 Å². The Morgan fingerprint density at radius 2 is 1.31 bits per heavy atom. The lowest BCUT2D eigenvalue weighted by Crippen LogP contribution is -2.57. The van der Waals surface area contributed by atoms with Crippen molar-refractivity contribution in [3.05, 3.63) is 0 Å². The summed E-state index contributed by atoms with van der Waals surface area (Å²) in [6.45, 7) is 7.15. The first-order valence-electron chi connectivity index (χ1n) is 5.98. The van der Waals surface area contributed by atoms with E-state index in [0.717, 1.165) is 25.9 Å². The highest BCUT2D eigenvalue weighted by atomic mass is 15.3. The van der Waals surface area contributed by atoms with E-state index >= 15 is 0 Å². The van der Waals surface area contributed by atoms with Crippen LogP contribution in [-0.2, 0) is 0 Å². The molecule has 1 aliphatic rings. The molecular weight excluding hydrogens is 200 g/mol. The zero-order valence-electron chi connectivity index (χ0n) is 10.2. The maximum atomic E-state index is 8.80. The van der Waals surface area contributed by atoms with Gasteiger partial charge in [0.05, 0.1) is 25.2 Å². The third-order valence-electron chi connectivity index (χ3n) is 3.41. The highest BCUT2D eigenvalue weighted by molar-refractivity contribution is 4.94. The van der Waals surface area contributed by atoms with E-state index in [-0.39, 0.29) is 0 Å². The number of hydrogen-bond donors (Lipinski definition) is 0. The summed E-state index contributed by atoms with van der Waals surface area (Å²) in [5.41, 5.74) is 0. The molecule has 0 amide bonds. The fourth-order valence-electron chi connectivity index (χ4n) is 2.41. The van der Waals surface area contributed by atoms with Crippen LogP contribution in [0.15, 0.2) is 0 Å². The van der Waals surface area contributed by atoms with Gasteiger partial charge in [-0.15, -0.1) is 0 Å². The Kier molecular flexibility index (Phi) is 5.25. The van der Waals surface area contributed by atoms with Gasteiger partial charge in [0.2, 0.25) is 0 Å². The summed E-state index contributed by atoms with van der Waals surface area (Å²) in [5.74, 6) is 0. The maximum absolute atomic E-state index is 8.80. The van der Waals surface area contributed by atoms with Crippen LogP contribution >= 0.6 is 0 Å². The topological polar surface area (TPSA) is 54.1 Å². The lowest BCUT2D eigenvalue weighted by Gasteiger charge is -2.44. The first-order valence-corrected chi connectivity index (χ1v) is 5.98. The summed E-state index contributed by atoms with van der Waals surface area (Å²) >= 11 is 0. The monoisotopic (exact) mass is 220 g/mol. The standard InChI is InChI=1S/C12H20N4/c1-3-11-9-16(8-6-14)12(4-2)10-15(11)7-5-13/h11-12H,3-4,7-10H2,1-2H3. The maximum Gasteiger partial charge on any atom is 0.0869 e. The van der Waals surface area contributed by atoms with Gasteiger partial charge in [0.15, 0.2) is 0 Å². The molecule has 0 N–H and O–H groups in total. The van der Waals surface area contributed by atoms with Crippen molar-refractivity contribution in [2.45, 2.75) is 38.8 Å². The van der Waals surface area contributed by atoms with Crippen molar-refractivity contribution >= 4 is 0 Å². The predicted octanol–water partition coefficient (Wildman–Crippen LogP) is 1.21. The Morgan fingerprint density at radius 1 is 0.938 bits per heavy atom. The molecule has 2 unspecified atom stereocenters. The van der Waals surface area contributed by atoms with Gasteiger partial charge in [-0.2, -0.15) is 10.5 Å². The van der Waals surface area contributed by atoms with Crippen LogP contribution in [0, 0.1) is 22.7 Å². The number of nitriles is 2. The van der Waals surface area contributed by atoms with E-state index in [4.69, 9.17) is 10.5 Å². The van der Waals surface area contributed by atoms with Crippen LogP contribution in [0.25, 0.3) is 0 Å². The molecule has 0 aromatic heterocycles. The first kappa shape index (κ1) is 13.0. The highest BCUT2D eigenvalue weighted by Crippen LogP contribution is 2.18. The molecule has 0 spiro atoms. The number of rotatable bonds is 4. The zero-order chi connectivity index (χ0) is 12.0. The van der Waals surface area contributed by atoms with Gasteiger partial charge in [0, 0.05) is 25.2 Å². The van der Waals surface area contributed by atoms with Gasteiger partial charge < -0.3 is 0 Å². The predicted molar refractivity (Wildman–Crippen MR) is 62.5 cm³/mol. The van der Waals surface area contributed by atoms with E-state index < -0.39 is 0 Å². The second-order valence-corrected chi connectivity index (χ2v) is 4.30. The van der Waals surface area contributed by atoms with Crippen molar-refractivity contribution < 1.29 is 0 Å². The van der Waals surface area contributed by atoms with Gasteiger partial charge in [-0.05, 0) is 12.8 Å². The van der Waals surface area contributed by atoms with Gasteiger partial charge in [-0.1, -0.05) is 13.8 Å². The molecule has 0 aliphatic carbocycles. The molecule has 0 bridgehead atoms. The molecule has 0 radical (unpaired) electrons. The van der Waals surface area contributed by atoms with Crippen molar-refractivity contribution in [1.82, 2.24) is 9.80 Å². The Balaban J connectivity index is 2.68. The second-order valence-electron chi connectivity index (χ2n) is 4.30. The summed E-state index contributed by atoms with van der Waals surface area (Å²) in [6, 6.07) is 5.32. The summed E-state index contributed by atoms with van der Waals surface area (Å²) in [7, 11) is 0. The van der Waals surface area contributed by atoms with E-state index in [1.807, 2.05) is 0 Å². The van der Waals surface area contributed by atoms with E-state index in [2.05, 4.69) is 35.8 Å². The smallest absolute Gasteiger partial charge is 0.0869 e. The lowest BCUT2D eigenvalue weighted by atomic mass is 10.0. The van der Waals surface area contributed by atoms with E-state index in [1.54, 1.807) is 0 Å². The van der Waals surface area contributed by atoms with Gasteiger partial charge in [0.1, 0.15) is 0 Å². The molecule has 1 aliphatic heterocycles. The molecule has 16 heavy (non-hydrogen) atoms. The molecule has 0 aromatic carbocycles. The van der Waals surface area contributed by atoms with Crippen LogP contribution in [0.4, 0.5) is 0 Å². The molecule has 88 valence electrons. The zero-order valence-corrected chi connectivity index (χ0v) is 10.2. The molecule has 2 atom stereocenters. The van der Waals surface area contributed by atoms with E-state index in [0.29, 0.717) is 25.2 Å². The normalized spacial score (nSPS) is 27.2. The largest absolute Gasteiger partial charge is 0.285 e. The molecule has 0 aromatic rings. The third-order valence-corrected chi connectivity index (χ3v) is 3.41. The van der Waals surface area contributed by atoms with Crippen molar-refractivity contribution in [2.75, 3.05) is 26.2 Å². The summed E-state index contributed by atoms with van der Waals surface area (Å²) < 4.78 is 0. The highest BCUT2D eigenvalue weighted by Gasteiger charge is 2.31. The SMILES string of the molecule is CCC1CN(CC#N)C(CC)CN1CC#N. The molecule has 4 nitrogen and oxygen atoms in total. The molecule has 1 saturated heterocycles. The average molecular weight is 220 g/mol. The van der Waals surface area contributed by atoms with Crippen LogP contribution in [0.2, 0.25) is 0 Å². The number of hydrogen-bond acceptors (Lipinski definition) is 4. The van der Waals surface area contributed by atoms with Crippen LogP contribution in [0.1, 0.15) is 26.7 Å². The van der Waals surface area contributed by atoms with Crippen LogP contribution < -0.4 is 0 Å². The van der Waals surface area contributed by atoms with E-state index in [9.17, 15) is 0 Å². The van der Waals surface area contributed by atoms with Crippen molar-refractivity contribution in [2.24, 2.45) is 0 Å². The minimum atomic E-state index is 0.427. The Morgan fingerprint density at radius 3 is 1.56 bits per heavy atom. The second kappa shape index (κ2) is 6.48. The molecule has 1 heterocycles. The van der Waals surface area contributed by atoms with Crippen molar-refractivity contribution in [3.8, 4) is 12.1 Å². The fourth-order valence-corrected chi connectivity index (χ4v) is 2.41. The van der Waals surface area contributed by atoms with Gasteiger partial charge >= 0.3 is 0 Å².